The molecule has 0 saturated carbocycles. The van der Waals surface area contributed by atoms with Crippen LogP contribution in [0.4, 0.5) is 4.79 Å². The van der Waals surface area contributed by atoms with E-state index in [-0.39, 0.29) is 23.9 Å². The van der Waals surface area contributed by atoms with Gasteiger partial charge in [-0.05, 0) is 24.8 Å². The van der Waals surface area contributed by atoms with Gasteiger partial charge >= 0.3 is 6.03 Å². The summed E-state index contributed by atoms with van der Waals surface area (Å²) < 4.78 is 0. The molecular weight excluding hydrogens is 228 g/mol. The molecule has 0 spiro atoms. The molecule has 18 heavy (non-hydrogen) atoms. The number of fused-ring (bicyclic) bond motifs is 1. The number of amides is 3. The van der Waals surface area contributed by atoms with Crippen molar-refractivity contribution in [1.29, 1.82) is 0 Å². The number of nitrogens with zero attached hydrogens (tertiary/aromatic N) is 1. The Balaban J connectivity index is 1.82. The number of benzene rings is 1. The van der Waals surface area contributed by atoms with Gasteiger partial charge in [0.1, 0.15) is 0 Å². The molecule has 2 aliphatic rings. The number of imide groups is 1. The van der Waals surface area contributed by atoms with Crippen LogP contribution in [-0.4, -0.2) is 29.4 Å². The van der Waals surface area contributed by atoms with Gasteiger partial charge in [-0.2, -0.15) is 0 Å². The molecule has 1 aromatic carbocycles. The quantitative estimate of drug-likeness (QED) is 0.858. The van der Waals surface area contributed by atoms with Crippen molar-refractivity contribution in [3.63, 3.8) is 0 Å². The van der Waals surface area contributed by atoms with E-state index in [1.807, 2.05) is 35.2 Å². The fourth-order valence-corrected chi connectivity index (χ4v) is 3.00. The lowest BCUT2D eigenvalue weighted by Gasteiger charge is -2.35. The van der Waals surface area contributed by atoms with Crippen LogP contribution in [0.2, 0.25) is 0 Å². The molecular formula is C14H16N2O2. The third kappa shape index (κ3) is 1.88. The van der Waals surface area contributed by atoms with Crippen molar-refractivity contribution in [3.05, 3.63) is 35.9 Å². The molecule has 2 fully saturated rings. The minimum atomic E-state index is -0.216. The molecule has 4 heteroatoms. The number of nitrogens with one attached hydrogen (secondary N) is 1. The van der Waals surface area contributed by atoms with Gasteiger partial charge in [-0.25, -0.2) is 4.79 Å². The molecule has 4 nitrogen and oxygen atoms in total. The van der Waals surface area contributed by atoms with Gasteiger partial charge < -0.3 is 4.90 Å². The summed E-state index contributed by atoms with van der Waals surface area (Å²) in [5.41, 5.74) is 1.15. The first-order valence-corrected chi connectivity index (χ1v) is 6.41. The Hall–Kier alpha value is -1.84. The standard InChI is InChI=1S/C14H16N2O2/c17-13-11(9-10-5-2-1-3-6-10)12-7-4-8-16(12)14(18)15-13/h1-3,5-6,11-12H,4,7-9H2,(H,15,17,18)/t11-,12-/m0/s1. The van der Waals surface area contributed by atoms with E-state index in [9.17, 15) is 9.59 Å². The number of carbonyl (C=O) groups is 2. The zero-order chi connectivity index (χ0) is 12.5. The zero-order valence-electron chi connectivity index (χ0n) is 10.1. The van der Waals surface area contributed by atoms with E-state index in [0.29, 0.717) is 6.42 Å². The number of hydrogen-bond acceptors (Lipinski definition) is 2. The third-order valence-corrected chi connectivity index (χ3v) is 3.89. The van der Waals surface area contributed by atoms with Gasteiger partial charge in [0, 0.05) is 12.6 Å². The first kappa shape index (κ1) is 11.3. The van der Waals surface area contributed by atoms with Crippen LogP contribution < -0.4 is 5.32 Å². The summed E-state index contributed by atoms with van der Waals surface area (Å²) in [6.45, 7) is 0.773. The topological polar surface area (TPSA) is 49.4 Å². The van der Waals surface area contributed by atoms with Crippen LogP contribution in [0.1, 0.15) is 18.4 Å². The van der Waals surface area contributed by atoms with Crippen LogP contribution in [0.15, 0.2) is 30.3 Å². The van der Waals surface area contributed by atoms with Crippen LogP contribution in [0.5, 0.6) is 0 Å². The van der Waals surface area contributed by atoms with Gasteiger partial charge in [0.15, 0.2) is 0 Å². The van der Waals surface area contributed by atoms with Crippen LogP contribution in [0.25, 0.3) is 0 Å². The lowest BCUT2D eigenvalue weighted by atomic mass is 9.88. The van der Waals surface area contributed by atoms with E-state index in [1.54, 1.807) is 0 Å². The van der Waals surface area contributed by atoms with Crippen molar-refractivity contribution >= 4 is 11.9 Å². The maximum Gasteiger partial charge on any atom is 0.324 e. The molecule has 2 aliphatic heterocycles. The number of urea groups is 1. The molecule has 3 amide bonds. The van der Waals surface area contributed by atoms with Gasteiger partial charge in [-0.15, -0.1) is 0 Å². The maximum absolute atomic E-state index is 12.0. The van der Waals surface area contributed by atoms with Crippen LogP contribution in [0.3, 0.4) is 0 Å². The van der Waals surface area contributed by atoms with E-state index < -0.39 is 0 Å². The Morgan fingerprint density at radius 2 is 2.00 bits per heavy atom. The van der Waals surface area contributed by atoms with E-state index >= 15 is 0 Å². The molecule has 2 heterocycles. The molecule has 0 aliphatic carbocycles. The summed E-state index contributed by atoms with van der Waals surface area (Å²) >= 11 is 0. The zero-order valence-corrected chi connectivity index (χ0v) is 10.1. The van der Waals surface area contributed by atoms with Crippen LogP contribution in [0, 0.1) is 5.92 Å². The Labute approximate surface area is 106 Å². The fourth-order valence-electron chi connectivity index (χ4n) is 3.00. The maximum atomic E-state index is 12.0. The second-order valence-corrected chi connectivity index (χ2v) is 4.99. The number of carbonyl (C=O) groups excluding carboxylic acids is 2. The summed E-state index contributed by atoms with van der Waals surface area (Å²) in [4.78, 5) is 25.5. The van der Waals surface area contributed by atoms with E-state index in [2.05, 4.69) is 5.32 Å². The summed E-state index contributed by atoms with van der Waals surface area (Å²) in [6, 6.07) is 9.86. The minimum Gasteiger partial charge on any atom is -0.321 e. The predicted octanol–water partition coefficient (Wildman–Crippen LogP) is 1.56. The average molecular weight is 244 g/mol. The molecule has 0 bridgehead atoms. The summed E-state index contributed by atoms with van der Waals surface area (Å²) in [6.07, 6.45) is 2.65. The Morgan fingerprint density at radius 3 is 2.78 bits per heavy atom. The van der Waals surface area contributed by atoms with Gasteiger partial charge in [0.2, 0.25) is 5.91 Å². The van der Waals surface area contributed by atoms with Crippen molar-refractivity contribution < 1.29 is 9.59 Å². The van der Waals surface area contributed by atoms with Crippen LogP contribution in [-0.2, 0) is 11.2 Å². The molecule has 2 atom stereocenters. The first-order valence-electron chi connectivity index (χ1n) is 6.41. The van der Waals surface area contributed by atoms with Crippen molar-refractivity contribution in [2.24, 2.45) is 5.92 Å². The van der Waals surface area contributed by atoms with E-state index in [1.165, 1.54) is 0 Å². The highest BCUT2D eigenvalue weighted by Crippen LogP contribution is 2.29. The lowest BCUT2D eigenvalue weighted by Crippen LogP contribution is -2.58. The molecule has 0 unspecified atom stereocenters. The first-order chi connectivity index (χ1) is 8.75. The van der Waals surface area contributed by atoms with Gasteiger partial charge in [-0.1, -0.05) is 30.3 Å². The minimum absolute atomic E-state index is 0.0893. The van der Waals surface area contributed by atoms with Gasteiger partial charge in [0.05, 0.1) is 5.92 Å². The Morgan fingerprint density at radius 1 is 1.22 bits per heavy atom. The third-order valence-electron chi connectivity index (χ3n) is 3.89. The highest BCUT2D eigenvalue weighted by molar-refractivity contribution is 5.98. The molecule has 1 N–H and O–H groups in total. The summed E-state index contributed by atoms with van der Waals surface area (Å²) in [5.74, 6) is -0.223. The predicted molar refractivity (Wildman–Crippen MR) is 66.9 cm³/mol. The van der Waals surface area contributed by atoms with Crippen molar-refractivity contribution in [2.45, 2.75) is 25.3 Å². The monoisotopic (exact) mass is 244 g/mol. The number of rotatable bonds is 2. The summed E-state index contributed by atoms with van der Waals surface area (Å²) in [7, 11) is 0. The normalized spacial score (nSPS) is 27.0. The highest BCUT2D eigenvalue weighted by atomic mass is 16.2. The lowest BCUT2D eigenvalue weighted by molar-refractivity contribution is -0.127. The SMILES string of the molecule is O=C1NC(=O)N2CCC[C@H]2[C@@H]1Cc1ccccc1. The number of hydrogen-bond donors (Lipinski definition) is 1. The second kappa shape index (κ2) is 4.44. The molecule has 3 rings (SSSR count). The van der Waals surface area contributed by atoms with Gasteiger partial charge in [-0.3, -0.25) is 10.1 Å². The molecule has 2 saturated heterocycles. The highest BCUT2D eigenvalue weighted by Gasteiger charge is 2.43. The Kier molecular flexibility index (Phi) is 2.78. The van der Waals surface area contributed by atoms with E-state index in [4.69, 9.17) is 0 Å². The van der Waals surface area contributed by atoms with Crippen LogP contribution >= 0.6 is 0 Å². The van der Waals surface area contributed by atoms with Crippen molar-refractivity contribution in [3.8, 4) is 0 Å². The Bertz CT molecular complexity index is 472. The van der Waals surface area contributed by atoms with Crippen molar-refractivity contribution in [1.82, 2.24) is 10.2 Å². The molecule has 0 aromatic heterocycles. The summed E-state index contributed by atoms with van der Waals surface area (Å²) in [5, 5.41) is 2.47. The molecule has 0 radical (unpaired) electrons. The second-order valence-electron chi connectivity index (χ2n) is 4.99. The largest absolute Gasteiger partial charge is 0.324 e. The average Bonchev–Trinajstić information content (AvgIpc) is 2.85. The smallest absolute Gasteiger partial charge is 0.321 e. The van der Waals surface area contributed by atoms with Gasteiger partial charge in [0.25, 0.3) is 0 Å². The fraction of sp³-hybridized carbons (Fsp3) is 0.429. The molecule has 94 valence electrons. The molecule has 1 aromatic rings. The van der Waals surface area contributed by atoms with Crippen molar-refractivity contribution in [2.75, 3.05) is 6.54 Å². The van der Waals surface area contributed by atoms with E-state index in [0.717, 1.165) is 24.9 Å².